The smallest absolute Gasteiger partial charge is 0.0568 e. The Hall–Kier alpha value is -0.0800. The maximum absolute atomic E-state index is 11.5. The van der Waals surface area contributed by atoms with Crippen LogP contribution in [0.3, 0.4) is 0 Å². The predicted octanol–water partition coefficient (Wildman–Crippen LogP) is 1.94. The first-order chi connectivity index (χ1) is 4.06. The summed E-state index contributed by atoms with van der Waals surface area (Å²) in [5.41, 5.74) is -0.667. The number of rotatable bonds is 3. The molecular formula is C8H21NO. The predicted molar refractivity (Wildman–Crippen MR) is 44.1 cm³/mol. The van der Waals surface area contributed by atoms with Gasteiger partial charge in [-0.15, -0.1) is 5.60 Å². The molecule has 0 fully saturated rings. The van der Waals surface area contributed by atoms with Gasteiger partial charge in [0.05, 0.1) is 0 Å². The Morgan fingerprint density at radius 2 is 1.50 bits per heavy atom. The Morgan fingerprint density at radius 1 is 1.20 bits per heavy atom. The molecule has 0 rings (SSSR count). The van der Waals surface area contributed by atoms with Gasteiger partial charge >= 0.3 is 0 Å². The van der Waals surface area contributed by atoms with E-state index in [1.165, 1.54) is 0 Å². The van der Waals surface area contributed by atoms with E-state index in [4.69, 9.17) is 0 Å². The fraction of sp³-hybridized carbons (Fsp3) is 1.00. The lowest BCUT2D eigenvalue weighted by atomic mass is 9.86. The first kappa shape index (κ1) is 12.6. The van der Waals surface area contributed by atoms with E-state index in [2.05, 4.69) is 0 Å². The van der Waals surface area contributed by atoms with Crippen molar-refractivity contribution in [1.29, 1.82) is 0 Å². The minimum atomic E-state index is -0.667. The van der Waals surface area contributed by atoms with Crippen molar-refractivity contribution in [2.24, 2.45) is 5.92 Å². The highest BCUT2D eigenvalue weighted by molar-refractivity contribution is 4.75. The Labute approximate surface area is 64.2 Å². The van der Waals surface area contributed by atoms with E-state index >= 15 is 0 Å². The van der Waals surface area contributed by atoms with Crippen LogP contribution < -0.4 is 11.3 Å². The Balaban J connectivity index is 0. The van der Waals surface area contributed by atoms with Crippen LogP contribution in [0.5, 0.6) is 0 Å². The second kappa shape index (κ2) is 4.69. The third-order valence-electron chi connectivity index (χ3n) is 2.25. The molecule has 0 radical (unpaired) electrons. The quantitative estimate of drug-likeness (QED) is 0.651. The van der Waals surface area contributed by atoms with Gasteiger partial charge in [-0.05, 0) is 0 Å². The molecule has 0 aliphatic carbocycles. The van der Waals surface area contributed by atoms with Gasteiger partial charge < -0.3 is 11.3 Å². The molecule has 2 heteroatoms. The van der Waals surface area contributed by atoms with Crippen molar-refractivity contribution in [2.45, 2.75) is 46.1 Å². The summed E-state index contributed by atoms with van der Waals surface area (Å²) in [6, 6.07) is 0. The van der Waals surface area contributed by atoms with Crippen LogP contribution in [0.1, 0.15) is 40.5 Å². The van der Waals surface area contributed by atoms with Crippen LogP contribution in [0, 0.1) is 5.92 Å². The largest absolute Gasteiger partial charge is 0.849 e. The van der Waals surface area contributed by atoms with Crippen molar-refractivity contribution in [3.8, 4) is 0 Å². The van der Waals surface area contributed by atoms with E-state index in [0.29, 0.717) is 0 Å². The lowest BCUT2D eigenvalue weighted by Gasteiger charge is -2.43. The Bertz CT molecular complexity index is 77.3. The zero-order valence-corrected chi connectivity index (χ0v) is 7.90. The fourth-order valence-corrected chi connectivity index (χ4v) is 1.07. The van der Waals surface area contributed by atoms with Crippen LogP contribution in [0.25, 0.3) is 0 Å². The van der Waals surface area contributed by atoms with Crippen molar-refractivity contribution in [3.63, 3.8) is 0 Å². The van der Waals surface area contributed by atoms with Crippen LogP contribution in [-0.2, 0) is 0 Å². The van der Waals surface area contributed by atoms with Crippen LogP contribution >= 0.6 is 0 Å². The fourth-order valence-electron chi connectivity index (χ4n) is 1.07. The van der Waals surface area contributed by atoms with Gasteiger partial charge in [0, 0.05) is 0 Å². The molecule has 0 unspecified atom stereocenters. The van der Waals surface area contributed by atoms with E-state index in [1.807, 2.05) is 27.7 Å². The third kappa shape index (κ3) is 2.67. The molecule has 0 aromatic carbocycles. The van der Waals surface area contributed by atoms with Crippen molar-refractivity contribution >= 4 is 0 Å². The lowest BCUT2D eigenvalue weighted by Crippen LogP contribution is -2.47. The van der Waals surface area contributed by atoms with Crippen molar-refractivity contribution in [1.82, 2.24) is 6.15 Å². The zero-order valence-electron chi connectivity index (χ0n) is 7.90. The highest BCUT2D eigenvalue weighted by Crippen LogP contribution is 2.20. The third-order valence-corrected chi connectivity index (χ3v) is 2.25. The summed E-state index contributed by atoms with van der Waals surface area (Å²) in [4.78, 5) is 0. The molecule has 0 spiro atoms. The van der Waals surface area contributed by atoms with Crippen LogP contribution in [0.2, 0.25) is 0 Å². The van der Waals surface area contributed by atoms with E-state index in [0.717, 1.165) is 12.8 Å². The van der Waals surface area contributed by atoms with Crippen LogP contribution in [0.15, 0.2) is 0 Å². The van der Waals surface area contributed by atoms with E-state index in [9.17, 15) is 5.11 Å². The molecule has 0 aliphatic heterocycles. The second-order valence-electron chi connectivity index (χ2n) is 2.93. The Kier molecular flexibility index (Phi) is 5.90. The average molecular weight is 147 g/mol. The summed E-state index contributed by atoms with van der Waals surface area (Å²) in [5.74, 6) is 0.271. The molecule has 0 aliphatic rings. The van der Waals surface area contributed by atoms with Gasteiger partial charge in [0.15, 0.2) is 0 Å². The molecule has 0 saturated heterocycles. The van der Waals surface area contributed by atoms with Gasteiger partial charge in [0.2, 0.25) is 0 Å². The summed E-state index contributed by atoms with van der Waals surface area (Å²) < 4.78 is 0. The molecule has 0 aromatic heterocycles. The van der Waals surface area contributed by atoms with Crippen LogP contribution in [0.4, 0.5) is 0 Å². The maximum Gasteiger partial charge on any atom is -0.0568 e. The second-order valence-corrected chi connectivity index (χ2v) is 2.93. The molecule has 4 N–H and O–H groups in total. The maximum atomic E-state index is 11.5. The van der Waals surface area contributed by atoms with Crippen molar-refractivity contribution < 1.29 is 5.11 Å². The molecule has 2 nitrogen and oxygen atoms in total. The van der Waals surface area contributed by atoms with E-state index in [-0.39, 0.29) is 12.1 Å². The van der Waals surface area contributed by atoms with Crippen LogP contribution in [-0.4, -0.2) is 5.60 Å². The summed E-state index contributed by atoms with van der Waals surface area (Å²) >= 11 is 0. The highest BCUT2D eigenvalue weighted by atomic mass is 16.3. The van der Waals surface area contributed by atoms with Gasteiger partial charge in [-0.2, -0.15) is 0 Å². The molecule has 0 amide bonds. The monoisotopic (exact) mass is 147 g/mol. The lowest BCUT2D eigenvalue weighted by molar-refractivity contribution is -0.492. The number of hydrogen-bond donors (Lipinski definition) is 1. The highest BCUT2D eigenvalue weighted by Gasteiger charge is 2.14. The topological polar surface area (TPSA) is 59.6 Å². The summed E-state index contributed by atoms with van der Waals surface area (Å²) in [6.07, 6.45) is 1.50. The van der Waals surface area contributed by atoms with Gasteiger partial charge in [0.25, 0.3) is 0 Å². The molecule has 0 aromatic rings. The molecule has 0 saturated carbocycles. The first-order valence-corrected chi connectivity index (χ1v) is 3.77. The molecule has 10 heavy (non-hydrogen) atoms. The van der Waals surface area contributed by atoms with Gasteiger partial charge in [-0.25, -0.2) is 0 Å². The van der Waals surface area contributed by atoms with Crippen molar-refractivity contribution in [2.75, 3.05) is 0 Å². The SMILES string of the molecule is CCC([O-])(CC)C(C)C.[NH4+]. The minimum Gasteiger partial charge on any atom is -0.849 e. The van der Waals surface area contributed by atoms with Gasteiger partial charge in [-0.1, -0.05) is 46.5 Å². The van der Waals surface area contributed by atoms with Gasteiger partial charge in [-0.3, -0.25) is 0 Å². The van der Waals surface area contributed by atoms with E-state index in [1.54, 1.807) is 0 Å². The minimum absolute atomic E-state index is 0. The van der Waals surface area contributed by atoms with Crippen molar-refractivity contribution in [3.05, 3.63) is 0 Å². The summed E-state index contributed by atoms with van der Waals surface area (Å²) in [5, 5.41) is 11.5. The molecule has 64 valence electrons. The van der Waals surface area contributed by atoms with E-state index < -0.39 is 5.60 Å². The van der Waals surface area contributed by atoms with Gasteiger partial charge in [0.1, 0.15) is 0 Å². The molecule has 0 bridgehead atoms. The molecular weight excluding hydrogens is 126 g/mol. The normalized spacial score (nSPS) is 11.4. The number of hydrogen-bond acceptors (Lipinski definition) is 1. The zero-order chi connectivity index (χ0) is 7.49. The summed E-state index contributed by atoms with van der Waals surface area (Å²) in [6.45, 7) is 7.94. The summed E-state index contributed by atoms with van der Waals surface area (Å²) in [7, 11) is 0. The first-order valence-electron chi connectivity index (χ1n) is 3.77. The molecule has 0 atom stereocenters. The standard InChI is InChI=1S/C8H17O.H3N/c1-5-8(9,6-2)7(3)4;/h7H,5-6H2,1-4H3;1H3/q-1;/p+1. The Morgan fingerprint density at radius 3 is 1.50 bits per heavy atom. The number of quaternary nitrogens is 1. The average Bonchev–Trinajstić information content (AvgIpc) is 1.86. The molecule has 0 heterocycles.